The Labute approximate surface area is 141 Å². The molecule has 0 spiro atoms. The number of hydrogen-bond acceptors (Lipinski definition) is 7. The van der Waals surface area contributed by atoms with E-state index in [1.807, 2.05) is 0 Å². The highest BCUT2D eigenvalue weighted by molar-refractivity contribution is 5.99. The van der Waals surface area contributed by atoms with E-state index in [2.05, 4.69) is 10.5 Å². The van der Waals surface area contributed by atoms with Crippen LogP contribution < -0.4 is 5.32 Å². The van der Waals surface area contributed by atoms with Crippen LogP contribution in [0.4, 0.5) is 4.79 Å². The summed E-state index contributed by atoms with van der Waals surface area (Å²) in [6, 6.07) is -0.744. The van der Waals surface area contributed by atoms with Gasteiger partial charge in [0, 0.05) is 13.3 Å². The minimum Gasteiger partial charge on any atom is -0.464 e. The second kappa shape index (κ2) is 8.51. The minimum atomic E-state index is -0.744. The van der Waals surface area contributed by atoms with Gasteiger partial charge in [0.25, 0.3) is 0 Å². The van der Waals surface area contributed by atoms with Crippen molar-refractivity contribution in [3.63, 3.8) is 0 Å². The maximum Gasteiger partial charge on any atom is 0.411 e. The number of amides is 2. The van der Waals surface area contributed by atoms with Gasteiger partial charge in [-0.05, 0) is 20.8 Å². The van der Waals surface area contributed by atoms with Crippen LogP contribution in [0.25, 0.3) is 0 Å². The largest absolute Gasteiger partial charge is 0.464 e. The minimum absolute atomic E-state index is 0.0687. The number of carbonyl (C=O) groups excluding carboxylic acids is 3. The quantitative estimate of drug-likeness (QED) is 0.447. The van der Waals surface area contributed by atoms with Crippen LogP contribution in [0.3, 0.4) is 0 Å². The van der Waals surface area contributed by atoms with Crippen molar-refractivity contribution in [1.82, 2.24) is 10.2 Å². The van der Waals surface area contributed by atoms with Crippen LogP contribution in [0.1, 0.15) is 34.1 Å². The van der Waals surface area contributed by atoms with Gasteiger partial charge < -0.3 is 19.6 Å². The number of rotatable bonds is 5. The molecule has 1 heterocycles. The molecule has 1 saturated heterocycles. The molecule has 9 heteroatoms. The summed E-state index contributed by atoms with van der Waals surface area (Å²) in [7, 11) is 1.40. The van der Waals surface area contributed by atoms with Crippen LogP contribution in [-0.2, 0) is 23.9 Å². The maximum absolute atomic E-state index is 12.3. The Morgan fingerprint density at radius 3 is 2.54 bits per heavy atom. The molecule has 0 aromatic carbocycles. The van der Waals surface area contributed by atoms with Crippen molar-refractivity contribution in [2.24, 2.45) is 5.16 Å². The van der Waals surface area contributed by atoms with Gasteiger partial charge in [0.05, 0.1) is 18.8 Å². The van der Waals surface area contributed by atoms with Gasteiger partial charge in [-0.3, -0.25) is 14.5 Å². The molecule has 1 aliphatic rings. The molecule has 0 radical (unpaired) electrons. The predicted molar refractivity (Wildman–Crippen MR) is 85.4 cm³/mol. The topological polar surface area (TPSA) is 107 Å². The molecule has 1 N–H and O–H groups in total. The maximum atomic E-state index is 12.3. The van der Waals surface area contributed by atoms with Gasteiger partial charge >= 0.3 is 12.1 Å². The molecule has 2 amide bonds. The molecule has 1 fully saturated rings. The Bertz CT molecular complexity index is 512. The SMILES string of the molecule is CON=C1C[C@@H](C(=O)NCCOC(C)=O)N(C(=O)OC(C)(C)C)C1. The lowest BCUT2D eigenvalue weighted by Crippen LogP contribution is -2.48. The van der Waals surface area contributed by atoms with Crippen molar-refractivity contribution in [3.05, 3.63) is 0 Å². The highest BCUT2D eigenvalue weighted by Gasteiger charge is 2.40. The van der Waals surface area contributed by atoms with Crippen LogP contribution in [-0.4, -0.2) is 67.0 Å². The molecule has 0 unspecified atom stereocenters. The van der Waals surface area contributed by atoms with Crippen LogP contribution in [0.15, 0.2) is 5.16 Å². The molecule has 24 heavy (non-hydrogen) atoms. The summed E-state index contributed by atoms with van der Waals surface area (Å²) in [5, 5.41) is 6.45. The Hall–Kier alpha value is -2.32. The number of nitrogens with one attached hydrogen (secondary N) is 1. The third-order valence-electron chi connectivity index (χ3n) is 3.02. The van der Waals surface area contributed by atoms with Gasteiger partial charge in [0.1, 0.15) is 25.4 Å². The Morgan fingerprint density at radius 1 is 1.33 bits per heavy atom. The molecule has 0 bridgehead atoms. The van der Waals surface area contributed by atoms with E-state index in [9.17, 15) is 14.4 Å². The highest BCUT2D eigenvalue weighted by atomic mass is 16.6. The lowest BCUT2D eigenvalue weighted by molar-refractivity contribution is -0.141. The van der Waals surface area contributed by atoms with E-state index < -0.39 is 23.7 Å². The number of likely N-dealkylation sites (tertiary alicyclic amines) is 1. The van der Waals surface area contributed by atoms with Gasteiger partial charge in [0.15, 0.2) is 0 Å². The van der Waals surface area contributed by atoms with E-state index in [0.717, 1.165) is 0 Å². The van der Waals surface area contributed by atoms with Crippen molar-refractivity contribution in [3.8, 4) is 0 Å². The Kier molecular flexibility index (Phi) is 6.99. The van der Waals surface area contributed by atoms with Gasteiger partial charge in [-0.1, -0.05) is 5.16 Å². The first-order valence-electron chi connectivity index (χ1n) is 7.63. The first-order valence-corrected chi connectivity index (χ1v) is 7.63. The van der Waals surface area contributed by atoms with Crippen LogP contribution >= 0.6 is 0 Å². The summed E-state index contributed by atoms with van der Waals surface area (Å²) in [4.78, 5) is 41.4. The molecule has 0 aliphatic carbocycles. The van der Waals surface area contributed by atoms with Crippen LogP contribution in [0.2, 0.25) is 0 Å². The third kappa shape index (κ3) is 6.43. The predicted octanol–water partition coefficient (Wildman–Crippen LogP) is 0.677. The van der Waals surface area contributed by atoms with Crippen LogP contribution in [0, 0.1) is 0 Å². The zero-order valence-corrected chi connectivity index (χ0v) is 14.7. The molecule has 0 saturated carbocycles. The normalized spacial score (nSPS) is 19.1. The van der Waals surface area contributed by atoms with Crippen molar-refractivity contribution in [2.75, 3.05) is 26.8 Å². The summed E-state index contributed by atoms with van der Waals surface area (Å²) < 4.78 is 10.1. The van der Waals surface area contributed by atoms with Crippen LogP contribution in [0.5, 0.6) is 0 Å². The number of nitrogens with zero attached hydrogens (tertiary/aromatic N) is 2. The molecule has 1 atom stereocenters. The summed E-state index contributed by atoms with van der Waals surface area (Å²) in [5.41, 5.74) is -0.0994. The summed E-state index contributed by atoms with van der Waals surface area (Å²) in [6.07, 6.45) is -0.337. The molecule has 1 rings (SSSR count). The number of carbonyl (C=O) groups is 3. The number of oxime groups is 1. The fourth-order valence-corrected chi connectivity index (χ4v) is 2.13. The molecule has 136 valence electrons. The molecular formula is C15H25N3O6. The van der Waals surface area contributed by atoms with E-state index >= 15 is 0 Å². The first kappa shape index (κ1) is 19.7. The van der Waals surface area contributed by atoms with Crippen molar-refractivity contribution in [2.45, 2.75) is 45.8 Å². The number of esters is 1. The summed E-state index contributed by atoms with van der Waals surface area (Å²) in [6.45, 7) is 6.92. The van der Waals surface area contributed by atoms with Crippen molar-refractivity contribution in [1.29, 1.82) is 0 Å². The molecular weight excluding hydrogens is 318 g/mol. The lowest BCUT2D eigenvalue weighted by atomic mass is 10.2. The second-order valence-electron chi connectivity index (χ2n) is 6.30. The van der Waals surface area contributed by atoms with E-state index in [4.69, 9.17) is 14.3 Å². The monoisotopic (exact) mass is 343 g/mol. The summed E-state index contributed by atoms with van der Waals surface area (Å²) >= 11 is 0. The summed E-state index contributed by atoms with van der Waals surface area (Å²) in [5.74, 6) is -0.788. The second-order valence-corrected chi connectivity index (χ2v) is 6.30. The fourth-order valence-electron chi connectivity index (χ4n) is 2.13. The fraction of sp³-hybridized carbons (Fsp3) is 0.733. The Morgan fingerprint density at radius 2 is 2.00 bits per heavy atom. The smallest absolute Gasteiger partial charge is 0.411 e. The van der Waals surface area contributed by atoms with E-state index in [0.29, 0.717) is 5.71 Å². The van der Waals surface area contributed by atoms with Crippen molar-refractivity contribution < 1.29 is 28.7 Å². The lowest BCUT2D eigenvalue weighted by Gasteiger charge is -2.27. The molecule has 1 aliphatic heterocycles. The first-order chi connectivity index (χ1) is 11.1. The molecule has 0 aromatic heterocycles. The number of hydrogen-bond donors (Lipinski definition) is 1. The average molecular weight is 343 g/mol. The third-order valence-corrected chi connectivity index (χ3v) is 3.02. The zero-order chi connectivity index (χ0) is 18.3. The van der Waals surface area contributed by atoms with Gasteiger partial charge in [-0.2, -0.15) is 0 Å². The van der Waals surface area contributed by atoms with Crippen molar-refractivity contribution >= 4 is 23.7 Å². The zero-order valence-electron chi connectivity index (χ0n) is 14.7. The van der Waals surface area contributed by atoms with E-state index in [1.54, 1.807) is 20.8 Å². The Balaban J connectivity index is 2.71. The molecule has 9 nitrogen and oxygen atoms in total. The van der Waals surface area contributed by atoms with Gasteiger partial charge in [0.2, 0.25) is 5.91 Å². The number of ether oxygens (including phenoxy) is 2. The average Bonchev–Trinajstić information content (AvgIpc) is 2.86. The standard InChI is InChI=1S/C15H25N3O6/c1-10(19)23-7-6-16-13(20)12-8-11(17-22-5)9-18(12)14(21)24-15(2,3)4/h12H,6-9H2,1-5H3,(H,16,20)/t12-/m0/s1. The van der Waals surface area contributed by atoms with Gasteiger partial charge in [-0.15, -0.1) is 0 Å². The van der Waals surface area contributed by atoms with E-state index in [1.165, 1.54) is 18.9 Å². The van der Waals surface area contributed by atoms with E-state index in [-0.39, 0.29) is 32.0 Å². The van der Waals surface area contributed by atoms with Gasteiger partial charge in [-0.25, -0.2) is 4.79 Å². The highest BCUT2D eigenvalue weighted by Crippen LogP contribution is 2.20. The molecule has 0 aromatic rings.